The molecule has 2 aromatic heterocycles. The van der Waals surface area contributed by atoms with Gasteiger partial charge in [-0.1, -0.05) is 42.0 Å². The molecule has 2 aromatic carbocycles. The number of nitrogens with one attached hydrogen (secondary N) is 1. The van der Waals surface area contributed by atoms with E-state index < -0.39 is 0 Å². The summed E-state index contributed by atoms with van der Waals surface area (Å²) in [6.07, 6.45) is 0. The molecular weight excluding hydrogens is 308 g/mol. The summed E-state index contributed by atoms with van der Waals surface area (Å²) in [5, 5.41) is 7.67. The zero-order valence-corrected chi connectivity index (χ0v) is 13.3. The average molecular weight is 322 g/mol. The van der Waals surface area contributed by atoms with Gasteiger partial charge in [-0.05, 0) is 36.8 Å². The van der Waals surface area contributed by atoms with Crippen LogP contribution in [0.4, 0.5) is 0 Å². The van der Waals surface area contributed by atoms with E-state index in [2.05, 4.69) is 10.2 Å². The highest BCUT2D eigenvalue weighted by molar-refractivity contribution is 7.71. The summed E-state index contributed by atoms with van der Waals surface area (Å²) in [4.78, 5) is 12.9. The predicted octanol–water partition coefficient (Wildman–Crippen LogP) is 3.06. The Hall–Kier alpha value is -2.73. The summed E-state index contributed by atoms with van der Waals surface area (Å²) in [6.45, 7) is 2.49. The van der Waals surface area contributed by atoms with E-state index in [9.17, 15) is 4.79 Å². The van der Waals surface area contributed by atoms with E-state index in [1.54, 1.807) is 8.97 Å². The van der Waals surface area contributed by atoms with Crippen LogP contribution in [0, 0.1) is 11.7 Å². The monoisotopic (exact) mass is 322 g/mol. The number of rotatable bonds is 2. The Morgan fingerprint density at radius 1 is 1.13 bits per heavy atom. The van der Waals surface area contributed by atoms with Gasteiger partial charge in [0.05, 0.1) is 17.4 Å². The van der Waals surface area contributed by atoms with Crippen LogP contribution in [-0.4, -0.2) is 19.2 Å². The van der Waals surface area contributed by atoms with Crippen LogP contribution in [0.1, 0.15) is 11.1 Å². The van der Waals surface area contributed by atoms with Crippen molar-refractivity contribution in [2.45, 2.75) is 13.5 Å². The molecule has 0 saturated carbocycles. The van der Waals surface area contributed by atoms with Gasteiger partial charge < -0.3 is 0 Å². The first-order valence-electron chi connectivity index (χ1n) is 7.29. The smallest absolute Gasteiger partial charge is 0.263 e. The highest BCUT2D eigenvalue weighted by atomic mass is 32.1. The summed E-state index contributed by atoms with van der Waals surface area (Å²) >= 11 is 5.33. The highest BCUT2D eigenvalue weighted by Gasteiger charge is 2.13. The normalized spacial score (nSPS) is 11.3. The molecule has 4 aromatic rings. The molecule has 0 amide bonds. The third-order valence-corrected chi connectivity index (χ3v) is 4.25. The fourth-order valence-electron chi connectivity index (χ4n) is 2.79. The van der Waals surface area contributed by atoms with Crippen molar-refractivity contribution in [2.75, 3.05) is 0 Å². The van der Waals surface area contributed by atoms with E-state index >= 15 is 0 Å². The first-order chi connectivity index (χ1) is 11.1. The van der Waals surface area contributed by atoms with E-state index in [-0.39, 0.29) is 5.56 Å². The first-order valence-corrected chi connectivity index (χ1v) is 7.70. The van der Waals surface area contributed by atoms with Crippen molar-refractivity contribution in [2.24, 2.45) is 0 Å². The molecule has 114 valence electrons. The molecule has 0 saturated heterocycles. The van der Waals surface area contributed by atoms with Crippen LogP contribution in [0.2, 0.25) is 0 Å². The van der Waals surface area contributed by atoms with Gasteiger partial charge in [-0.2, -0.15) is 0 Å². The largest absolute Gasteiger partial charge is 0.272 e. The lowest BCUT2D eigenvalue weighted by Crippen LogP contribution is -2.23. The van der Waals surface area contributed by atoms with Crippen molar-refractivity contribution in [1.29, 1.82) is 0 Å². The van der Waals surface area contributed by atoms with Gasteiger partial charge in [0.1, 0.15) is 0 Å². The molecule has 6 heteroatoms. The lowest BCUT2D eigenvalue weighted by atomic mass is 10.1. The number of hydrogen-bond acceptors (Lipinski definition) is 3. The van der Waals surface area contributed by atoms with Crippen molar-refractivity contribution < 1.29 is 0 Å². The van der Waals surface area contributed by atoms with Crippen molar-refractivity contribution in [3.05, 3.63) is 74.8 Å². The van der Waals surface area contributed by atoms with E-state index in [4.69, 9.17) is 12.2 Å². The maximum absolute atomic E-state index is 12.9. The van der Waals surface area contributed by atoms with Gasteiger partial charge in [-0.15, -0.1) is 5.10 Å². The maximum atomic E-state index is 12.9. The standard InChI is InChI=1S/C17H14N4OS/c1-11-6-8-12(9-7-11)10-20-15(22)13-4-2-3-5-14(13)21-16(20)18-19-17(21)23/h2-9H,10H2,1H3,(H,19,23). The quantitative estimate of drug-likeness (QED) is 0.577. The first kappa shape index (κ1) is 13.9. The summed E-state index contributed by atoms with van der Waals surface area (Å²) in [5.41, 5.74) is 2.93. The van der Waals surface area contributed by atoms with Crippen LogP contribution in [0.15, 0.2) is 53.3 Å². The predicted molar refractivity (Wildman–Crippen MR) is 92.4 cm³/mol. The fraction of sp³-hybridized carbons (Fsp3) is 0.118. The number of para-hydroxylation sites is 1. The summed E-state index contributed by atoms with van der Waals surface area (Å²) < 4.78 is 3.94. The highest BCUT2D eigenvalue weighted by Crippen LogP contribution is 2.14. The van der Waals surface area contributed by atoms with E-state index in [1.807, 2.05) is 55.5 Å². The van der Waals surface area contributed by atoms with Crippen LogP contribution < -0.4 is 5.56 Å². The molecule has 0 aliphatic carbocycles. The molecule has 0 aliphatic heterocycles. The summed E-state index contributed by atoms with van der Waals surface area (Å²) in [6, 6.07) is 15.6. The molecule has 2 heterocycles. The number of fused-ring (bicyclic) bond motifs is 3. The van der Waals surface area contributed by atoms with Gasteiger partial charge >= 0.3 is 0 Å². The number of H-pyrrole nitrogens is 1. The molecule has 0 aliphatic rings. The van der Waals surface area contributed by atoms with Crippen LogP contribution >= 0.6 is 12.2 Å². The van der Waals surface area contributed by atoms with Gasteiger partial charge in [0.25, 0.3) is 5.56 Å². The second kappa shape index (κ2) is 5.17. The molecule has 5 nitrogen and oxygen atoms in total. The van der Waals surface area contributed by atoms with E-state index in [1.165, 1.54) is 5.56 Å². The Balaban J connectivity index is 2.05. The fourth-order valence-corrected chi connectivity index (χ4v) is 3.02. The number of hydrogen-bond donors (Lipinski definition) is 1. The van der Waals surface area contributed by atoms with Crippen molar-refractivity contribution in [3.8, 4) is 0 Å². The number of nitrogens with zero attached hydrogens (tertiary/aromatic N) is 3. The molecule has 0 atom stereocenters. The molecular formula is C17H14N4OS. The maximum Gasteiger partial charge on any atom is 0.263 e. The van der Waals surface area contributed by atoms with Gasteiger partial charge in [-0.3, -0.25) is 13.8 Å². The Kier molecular flexibility index (Phi) is 3.12. The lowest BCUT2D eigenvalue weighted by molar-refractivity contribution is 0.766. The minimum absolute atomic E-state index is 0.0670. The van der Waals surface area contributed by atoms with Gasteiger partial charge in [-0.25, -0.2) is 5.10 Å². The van der Waals surface area contributed by atoms with Crippen molar-refractivity contribution in [1.82, 2.24) is 19.2 Å². The molecule has 23 heavy (non-hydrogen) atoms. The van der Waals surface area contributed by atoms with E-state index in [0.717, 1.165) is 11.1 Å². The Morgan fingerprint density at radius 3 is 2.65 bits per heavy atom. The molecule has 0 bridgehead atoms. The summed E-state index contributed by atoms with van der Waals surface area (Å²) in [5.74, 6) is 0.527. The van der Waals surface area contributed by atoms with Crippen LogP contribution in [0.5, 0.6) is 0 Å². The SMILES string of the molecule is Cc1ccc(Cn2c(=O)c3ccccc3n3c(=S)[nH]nc23)cc1. The molecule has 0 fully saturated rings. The molecule has 0 unspecified atom stereocenters. The second-order valence-corrected chi connectivity index (χ2v) is 5.94. The zero-order valence-electron chi connectivity index (χ0n) is 12.5. The molecule has 0 radical (unpaired) electrons. The third-order valence-electron chi connectivity index (χ3n) is 3.98. The Bertz CT molecular complexity index is 1140. The Labute approximate surface area is 136 Å². The zero-order chi connectivity index (χ0) is 16.0. The van der Waals surface area contributed by atoms with Gasteiger partial charge in [0.15, 0.2) is 0 Å². The van der Waals surface area contributed by atoms with Gasteiger partial charge in [0.2, 0.25) is 10.5 Å². The molecule has 1 N–H and O–H groups in total. The van der Waals surface area contributed by atoms with E-state index in [0.29, 0.717) is 22.5 Å². The topological polar surface area (TPSA) is 55.1 Å². The van der Waals surface area contributed by atoms with Crippen molar-refractivity contribution >= 4 is 28.9 Å². The number of aryl methyl sites for hydroxylation is 1. The molecule has 4 rings (SSSR count). The van der Waals surface area contributed by atoms with Crippen LogP contribution in [-0.2, 0) is 6.54 Å². The van der Waals surface area contributed by atoms with Crippen molar-refractivity contribution in [3.63, 3.8) is 0 Å². The minimum Gasteiger partial charge on any atom is -0.272 e. The minimum atomic E-state index is -0.0670. The van der Waals surface area contributed by atoms with Crippen LogP contribution in [0.25, 0.3) is 16.7 Å². The third kappa shape index (κ3) is 2.19. The number of aromatic amines is 1. The lowest BCUT2D eigenvalue weighted by Gasteiger charge is -2.10. The number of benzene rings is 2. The second-order valence-electron chi connectivity index (χ2n) is 5.56. The van der Waals surface area contributed by atoms with Crippen LogP contribution in [0.3, 0.4) is 0 Å². The molecule has 0 spiro atoms. The number of aromatic nitrogens is 4. The Morgan fingerprint density at radius 2 is 1.87 bits per heavy atom. The van der Waals surface area contributed by atoms with Gasteiger partial charge in [0, 0.05) is 0 Å². The average Bonchev–Trinajstić information content (AvgIpc) is 2.95. The summed E-state index contributed by atoms with van der Waals surface area (Å²) in [7, 11) is 0.